The highest BCUT2D eigenvalue weighted by Crippen LogP contribution is 2.15. The quantitative estimate of drug-likeness (QED) is 0.914. The van der Waals surface area contributed by atoms with Gasteiger partial charge >= 0.3 is 0 Å². The highest BCUT2D eigenvalue weighted by molar-refractivity contribution is 9.10. The summed E-state index contributed by atoms with van der Waals surface area (Å²) in [5, 5.41) is 2.78. The number of nitrogens with one attached hydrogen (secondary N) is 1. The van der Waals surface area contributed by atoms with Gasteiger partial charge in [-0.2, -0.15) is 0 Å². The summed E-state index contributed by atoms with van der Waals surface area (Å²) in [5.74, 6) is -0.723. The summed E-state index contributed by atoms with van der Waals surface area (Å²) in [7, 11) is 0. The highest BCUT2D eigenvalue weighted by atomic mass is 79.9. The van der Waals surface area contributed by atoms with E-state index in [9.17, 15) is 9.18 Å². The standard InChI is InChI=1S/C15H13BrFNO/c1-10-4-2-3-5-11(10)9-18-15(19)12-6-13(16)8-14(17)7-12/h2-8H,9H2,1H3,(H,18,19). The Labute approximate surface area is 119 Å². The molecule has 0 saturated heterocycles. The van der Waals surface area contributed by atoms with E-state index >= 15 is 0 Å². The van der Waals surface area contributed by atoms with E-state index in [1.807, 2.05) is 31.2 Å². The molecule has 0 aliphatic heterocycles. The van der Waals surface area contributed by atoms with Crippen LogP contribution in [0.15, 0.2) is 46.9 Å². The maximum atomic E-state index is 13.2. The molecule has 2 aromatic carbocycles. The van der Waals surface area contributed by atoms with Gasteiger partial charge in [-0.25, -0.2) is 4.39 Å². The van der Waals surface area contributed by atoms with Crippen molar-refractivity contribution in [3.05, 3.63) is 69.4 Å². The Balaban J connectivity index is 2.08. The molecule has 0 unspecified atom stereocenters. The number of rotatable bonds is 3. The molecule has 0 aliphatic carbocycles. The molecule has 1 amide bonds. The highest BCUT2D eigenvalue weighted by Gasteiger charge is 2.08. The van der Waals surface area contributed by atoms with Crippen molar-refractivity contribution >= 4 is 21.8 Å². The number of carbonyl (C=O) groups is 1. The fraction of sp³-hybridized carbons (Fsp3) is 0.133. The zero-order chi connectivity index (χ0) is 13.8. The first-order chi connectivity index (χ1) is 9.06. The Morgan fingerprint density at radius 1 is 1.26 bits per heavy atom. The third kappa shape index (κ3) is 3.64. The average molecular weight is 322 g/mol. The second-order valence-corrected chi connectivity index (χ2v) is 5.18. The number of halogens is 2. The predicted molar refractivity (Wildman–Crippen MR) is 76.4 cm³/mol. The smallest absolute Gasteiger partial charge is 0.251 e. The largest absolute Gasteiger partial charge is 0.348 e. The van der Waals surface area contributed by atoms with Crippen LogP contribution in [0.3, 0.4) is 0 Å². The summed E-state index contributed by atoms with van der Waals surface area (Å²) in [6.07, 6.45) is 0. The van der Waals surface area contributed by atoms with Crippen LogP contribution in [0.25, 0.3) is 0 Å². The van der Waals surface area contributed by atoms with Crippen LogP contribution < -0.4 is 5.32 Å². The molecule has 2 rings (SSSR count). The molecule has 0 saturated carbocycles. The summed E-state index contributed by atoms with van der Waals surface area (Å²) in [6, 6.07) is 11.9. The van der Waals surface area contributed by atoms with Crippen molar-refractivity contribution in [3.8, 4) is 0 Å². The molecule has 0 heterocycles. The van der Waals surface area contributed by atoms with Gasteiger partial charge in [0, 0.05) is 16.6 Å². The molecular formula is C15H13BrFNO. The lowest BCUT2D eigenvalue weighted by atomic mass is 10.1. The van der Waals surface area contributed by atoms with E-state index in [-0.39, 0.29) is 5.91 Å². The fourth-order valence-corrected chi connectivity index (χ4v) is 2.24. The average Bonchev–Trinajstić information content (AvgIpc) is 2.36. The van der Waals surface area contributed by atoms with Gasteiger partial charge in [-0.1, -0.05) is 40.2 Å². The second kappa shape index (κ2) is 5.97. The first kappa shape index (κ1) is 13.7. The lowest BCUT2D eigenvalue weighted by molar-refractivity contribution is 0.0950. The van der Waals surface area contributed by atoms with Crippen molar-refractivity contribution < 1.29 is 9.18 Å². The predicted octanol–water partition coefficient (Wildman–Crippen LogP) is 3.83. The van der Waals surface area contributed by atoms with Crippen LogP contribution in [-0.4, -0.2) is 5.91 Å². The molecule has 0 aromatic heterocycles. The Bertz CT molecular complexity index is 593. The molecular weight excluding hydrogens is 309 g/mol. The summed E-state index contributed by atoms with van der Waals surface area (Å²) in [4.78, 5) is 11.9. The monoisotopic (exact) mass is 321 g/mol. The lowest BCUT2D eigenvalue weighted by Gasteiger charge is -2.08. The van der Waals surface area contributed by atoms with Gasteiger partial charge in [0.05, 0.1) is 0 Å². The van der Waals surface area contributed by atoms with Gasteiger partial charge in [0.2, 0.25) is 0 Å². The Hall–Kier alpha value is -1.68. The minimum absolute atomic E-state index is 0.288. The lowest BCUT2D eigenvalue weighted by Crippen LogP contribution is -2.23. The maximum absolute atomic E-state index is 13.2. The SMILES string of the molecule is Cc1ccccc1CNC(=O)c1cc(F)cc(Br)c1. The van der Waals surface area contributed by atoms with Crippen LogP contribution in [0, 0.1) is 12.7 Å². The number of hydrogen-bond acceptors (Lipinski definition) is 1. The van der Waals surface area contributed by atoms with Crippen LogP contribution in [-0.2, 0) is 6.54 Å². The molecule has 0 atom stereocenters. The molecule has 0 bridgehead atoms. The van der Waals surface area contributed by atoms with Crippen LogP contribution in [0.1, 0.15) is 21.5 Å². The summed E-state index contributed by atoms with van der Waals surface area (Å²) in [6.45, 7) is 2.42. The van der Waals surface area contributed by atoms with Crippen molar-refractivity contribution in [2.75, 3.05) is 0 Å². The molecule has 2 aromatic rings. The number of benzene rings is 2. The van der Waals surface area contributed by atoms with Crippen LogP contribution in [0.2, 0.25) is 0 Å². The normalized spacial score (nSPS) is 10.3. The third-order valence-corrected chi connectivity index (χ3v) is 3.28. The molecule has 0 fully saturated rings. The van der Waals surface area contributed by atoms with Crippen molar-refractivity contribution in [2.24, 2.45) is 0 Å². The number of hydrogen-bond donors (Lipinski definition) is 1. The fourth-order valence-electron chi connectivity index (χ4n) is 1.77. The summed E-state index contributed by atoms with van der Waals surface area (Å²) < 4.78 is 13.8. The first-order valence-corrected chi connectivity index (χ1v) is 6.64. The molecule has 0 radical (unpaired) electrons. The maximum Gasteiger partial charge on any atom is 0.251 e. The van der Waals surface area contributed by atoms with Gasteiger partial charge in [-0.3, -0.25) is 4.79 Å². The van der Waals surface area contributed by atoms with Gasteiger partial charge in [0.25, 0.3) is 5.91 Å². The summed E-state index contributed by atoms with van der Waals surface area (Å²) >= 11 is 3.17. The van der Waals surface area contributed by atoms with E-state index in [2.05, 4.69) is 21.2 Å². The van der Waals surface area contributed by atoms with Gasteiger partial charge in [0.15, 0.2) is 0 Å². The van der Waals surface area contributed by atoms with E-state index in [1.54, 1.807) is 6.07 Å². The third-order valence-electron chi connectivity index (χ3n) is 2.83. The van der Waals surface area contributed by atoms with Crippen molar-refractivity contribution in [3.63, 3.8) is 0 Å². The number of amides is 1. The van der Waals surface area contributed by atoms with E-state index in [4.69, 9.17) is 0 Å². The molecule has 2 nitrogen and oxygen atoms in total. The molecule has 19 heavy (non-hydrogen) atoms. The second-order valence-electron chi connectivity index (χ2n) is 4.27. The van der Waals surface area contributed by atoms with E-state index in [0.717, 1.165) is 11.1 Å². The zero-order valence-corrected chi connectivity index (χ0v) is 12.0. The number of carbonyl (C=O) groups excluding carboxylic acids is 1. The minimum atomic E-state index is -0.435. The summed E-state index contributed by atoms with van der Waals surface area (Å²) in [5.41, 5.74) is 2.47. The minimum Gasteiger partial charge on any atom is -0.348 e. The van der Waals surface area contributed by atoms with E-state index in [1.165, 1.54) is 12.1 Å². The van der Waals surface area contributed by atoms with Crippen LogP contribution in [0.5, 0.6) is 0 Å². The molecule has 1 N–H and O–H groups in total. The van der Waals surface area contributed by atoms with Crippen molar-refractivity contribution in [1.29, 1.82) is 0 Å². The Kier molecular flexibility index (Phi) is 4.32. The van der Waals surface area contributed by atoms with E-state index < -0.39 is 5.82 Å². The topological polar surface area (TPSA) is 29.1 Å². The molecule has 4 heteroatoms. The van der Waals surface area contributed by atoms with Gasteiger partial charge in [0.1, 0.15) is 5.82 Å². The zero-order valence-electron chi connectivity index (χ0n) is 10.4. The van der Waals surface area contributed by atoms with Crippen LogP contribution in [0.4, 0.5) is 4.39 Å². The molecule has 98 valence electrons. The van der Waals surface area contributed by atoms with E-state index in [0.29, 0.717) is 16.6 Å². The van der Waals surface area contributed by atoms with Gasteiger partial charge in [-0.05, 0) is 36.2 Å². The van der Waals surface area contributed by atoms with Gasteiger partial charge in [-0.15, -0.1) is 0 Å². The van der Waals surface area contributed by atoms with Gasteiger partial charge < -0.3 is 5.32 Å². The Morgan fingerprint density at radius 2 is 2.00 bits per heavy atom. The van der Waals surface area contributed by atoms with Crippen LogP contribution >= 0.6 is 15.9 Å². The first-order valence-electron chi connectivity index (χ1n) is 5.85. The Morgan fingerprint density at radius 3 is 2.68 bits per heavy atom. The molecule has 0 spiro atoms. The molecule has 0 aliphatic rings. The van der Waals surface area contributed by atoms with Crippen molar-refractivity contribution in [2.45, 2.75) is 13.5 Å². The van der Waals surface area contributed by atoms with Crippen molar-refractivity contribution in [1.82, 2.24) is 5.32 Å². The number of aryl methyl sites for hydroxylation is 1.